The van der Waals surface area contributed by atoms with Gasteiger partial charge in [0.25, 0.3) is 0 Å². The molecule has 0 radical (unpaired) electrons. The number of piperidine rings is 1. The van der Waals surface area contributed by atoms with Crippen LogP contribution in [0, 0.1) is 12.8 Å². The highest BCUT2D eigenvalue weighted by Gasteiger charge is 2.22. The van der Waals surface area contributed by atoms with Gasteiger partial charge in [0.2, 0.25) is 5.95 Å². The van der Waals surface area contributed by atoms with Gasteiger partial charge in [0.05, 0.1) is 0 Å². The molecule has 2 aliphatic heterocycles. The lowest BCUT2D eigenvalue weighted by Crippen LogP contribution is -2.47. The van der Waals surface area contributed by atoms with Crippen LogP contribution >= 0.6 is 0 Å². The standard InChI is InChI=1S/C20H28N6/c1-16-6-9-24(10-7-16)19-15-17(2)22-20(23-19)26-13-11-25(12-14-26)18-5-3-4-8-21-18/h3-5,8,15-16H,6-7,9-14H2,1-2H3. The molecule has 0 unspecified atom stereocenters. The first kappa shape index (κ1) is 17.1. The van der Waals surface area contributed by atoms with E-state index < -0.39 is 0 Å². The molecule has 0 spiro atoms. The Hall–Kier alpha value is -2.37. The number of pyridine rings is 1. The molecule has 2 saturated heterocycles. The molecule has 4 rings (SSSR count). The van der Waals surface area contributed by atoms with Gasteiger partial charge in [-0.05, 0) is 37.8 Å². The molecule has 0 aliphatic carbocycles. The normalized spacial score (nSPS) is 19.1. The summed E-state index contributed by atoms with van der Waals surface area (Å²) in [5.41, 5.74) is 1.05. The zero-order chi connectivity index (χ0) is 17.9. The summed E-state index contributed by atoms with van der Waals surface area (Å²) in [7, 11) is 0. The maximum atomic E-state index is 4.91. The van der Waals surface area contributed by atoms with Gasteiger partial charge in [-0.15, -0.1) is 0 Å². The maximum Gasteiger partial charge on any atom is 0.227 e. The van der Waals surface area contributed by atoms with Crippen LogP contribution in [0.4, 0.5) is 17.6 Å². The van der Waals surface area contributed by atoms with Crippen LogP contribution in [0.5, 0.6) is 0 Å². The van der Waals surface area contributed by atoms with E-state index in [9.17, 15) is 0 Å². The number of aryl methyl sites for hydroxylation is 1. The maximum absolute atomic E-state index is 4.91. The van der Waals surface area contributed by atoms with E-state index in [2.05, 4.69) is 45.7 Å². The number of anilines is 3. The Bertz CT molecular complexity index is 718. The van der Waals surface area contributed by atoms with E-state index >= 15 is 0 Å². The minimum Gasteiger partial charge on any atom is -0.356 e. The van der Waals surface area contributed by atoms with Gasteiger partial charge in [-0.25, -0.2) is 9.97 Å². The monoisotopic (exact) mass is 352 g/mol. The third kappa shape index (κ3) is 3.74. The van der Waals surface area contributed by atoms with E-state index in [1.165, 1.54) is 12.8 Å². The summed E-state index contributed by atoms with van der Waals surface area (Å²) in [4.78, 5) is 21.2. The van der Waals surface area contributed by atoms with Crippen molar-refractivity contribution < 1.29 is 0 Å². The van der Waals surface area contributed by atoms with Crippen LogP contribution in [-0.2, 0) is 0 Å². The van der Waals surface area contributed by atoms with Gasteiger partial charge in [0.1, 0.15) is 11.6 Å². The topological polar surface area (TPSA) is 48.4 Å². The molecule has 0 saturated carbocycles. The van der Waals surface area contributed by atoms with Gasteiger partial charge >= 0.3 is 0 Å². The number of rotatable bonds is 3. The Labute approximate surface area is 155 Å². The summed E-state index contributed by atoms with van der Waals surface area (Å²) >= 11 is 0. The van der Waals surface area contributed by atoms with Gasteiger partial charge < -0.3 is 14.7 Å². The number of piperazine rings is 1. The molecule has 6 heteroatoms. The number of aromatic nitrogens is 3. The highest BCUT2D eigenvalue weighted by atomic mass is 15.3. The fourth-order valence-corrected chi connectivity index (χ4v) is 3.75. The second kappa shape index (κ2) is 7.48. The van der Waals surface area contributed by atoms with E-state index in [-0.39, 0.29) is 0 Å². The van der Waals surface area contributed by atoms with Gasteiger partial charge in [-0.2, -0.15) is 4.98 Å². The van der Waals surface area contributed by atoms with Gasteiger partial charge in [0, 0.05) is 57.2 Å². The van der Waals surface area contributed by atoms with Crippen molar-refractivity contribution in [3.63, 3.8) is 0 Å². The third-order valence-corrected chi connectivity index (χ3v) is 5.47. The van der Waals surface area contributed by atoms with Crippen molar-refractivity contribution in [2.75, 3.05) is 54.0 Å². The van der Waals surface area contributed by atoms with Crippen LogP contribution < -0.4 is 14.7 Å². The number of nitrogens with zero attached hydrogens (tertiary/aromatic N) is 6. The Morgan fingerprint density at radius 2 is 1.54 bits per heavy atom. The molecule has 0 aromatic carbocycles. The first-order chi connectivity index (χ1) is 12.7. The molecule has 2 fully saturated rings. The van der Waals surface area contributed by atoms with Crippen LogP contribution in [-0.4, -0.2) is 54.2 Å². The highest BCUT2D eigenvalue weighted by Crippen LogP contribution is 2.24. The van der Waals surface area contributed by atoms with Crippen molar-refractivity contribution in [2.24, 2.45) is 5.92 Å². The van der Waals surface area contributed by atoms with Gasteiger partial charge in [-0.3, -0.25) is 0 Å². The third-order valence-electron chi connectivity index (χ3n) is 5.47. The lowest BCUT2D eigenvalue weighted by molar-refractivity contribution is 0.436. The predicted octanol–water partition coefficient (Wildman–Crippen LogP) is 2.74. The summed E-state index contributed by atoms with van der Waals surface area (Å²) in [5.74, 6) is 3.85. The van der Waals surface area contributed by atoms with Crippen molar-refractivity contribution in [1.82, 2.24) is 15.0 Å². The second-order valence-electron chi connectivity index (χ2n) is 7.50. The van der Waals surface area contributed by atoms with Crippen LogP contribution in [0.2, 0.25) is 0 Å². The molecule has 0 atom stereocenters. The average Bonchev–Trinajstić information content (AvgIpc) is 2.69. The molecule has 2 aromatic heterocycles. The van der Waals surface area contributed by atoms with E-state index in [4.69, 9.17) is 9.97 Å². The lowest BCUT2D eigenvalue weighted by Gasteiger charge is -2.36. The van der Waals surface area contributed by atoms with Crippen molar-refractivity contribution in [1.29, 1.82) is 0 Å². The molecule has 4 heterocycles. The summed E-state index contributed by atoms with van der Waals surface area (Å²) in [6.07, 6.45) is 4.36. The average molecular weight is 352 g/mol. The van der Waals surface area contributed by atoms with Crippen molar-refractivity contribution in [3.05, 3.63) is 36.2 Å². The van der Waals surface area contributed by atoms with Crippen molar-refractivity contribution >= 4 is 17.6 Å². The first-order valence-electron chi connectivity index (χ1n) is 9.70. The number of hydrogen-bond acceptors (Lipinski definition) is 6. The smallest absolute Gasteiger partial charge is 0.227 e. The van der Waals surface area contributed by atoms with Crippen molar-refractivity contribution in [3.8, 4) is 0 Å². The molecule has 0 bridgehead atoms. The molecule has 6 nitrogen and oxygen atoms in total. The molecule has 0 amide bonds. The Kier molecular flexibility index (Phi) is 4.91. The molecule has 26 heavy (non-hydrogen) atoms. The van der Waals surface area contributed by atoms with Gasteiger partial charge in [-0.1, -0.05) is 13.0 Å². The summed E-state index contributed by atoms with van der Waals surface area (Å²) < 4.78 is 0. The van der Waals surface area contributed by atoms with Crippen LogP contribution in [0.15, 0.2) is 30.5 Å². The Morgan fingerprint density at radius 1 is 0.846 bits per heavy atom. The van der Waals surface area contributed by atoms with Crippen LogP contribution in [0.1, 0.15) is 25.5 Å². The summed E-state index contributed by atoms with van der Waals surface area (Å²) in [6.45, 7) is 10.4. The highest BCUT2D eigenvalue weighted by molar-refractivity contribution is 5.48. The fraction of sp³-hybridized carbons (Fsp3) is 0.550. The van der Waals surface area contributed by atoms with Gasteiger partial charge in [0.15, 0.2) is 0 Å². The molecular formula is C20H28N6. The van der Waals surface area contributed by atoms with E-state index in [0.717, 1.165) is 68.5 Å². The zero-order valence-corrected chi connectivity index (χ0v) is 15.8. The Morgan fingerprint density at radius 3 is 2.23 bits per heavy atom. The zero-order valence-electron chi connectivity index (χ0n) is 15.8. The molecule has 2 aromatic rings. The fourth-order valence-electron chi connectivity index (χ4n) is 3.75. The van der Waals surface area contributed by atoms with E-state index in [1.807, 2.05) is 18.3 Å². The van der Waals surface area contributed by atoms with Crippen LogP contribution in [0.3, 0.4) is 0 Å². The number of hydrogen-bond donors (Lipinski definition) is 0. The molecule has 138 valence electrons. The second-order valence-corrected chi connectivity index (χ2v) is 7.50. The van der Waals surface area contributed by atoms with E-state index in [1.54, 1.807) is 0 Å². The van der Waals surface area contributed by atoms with Crippen LogP contribution in [0.25, 0.3) is 0 Å². The Balaban J connectivity index is 1.45. The SMILES string of the molecule is Cc1cc(N2CCC(C)CC2)nc(N2CCN(c3ccccn3)CC2)n1. The summed E-state index contributed by atoms with van der Waals surface area (Å²) in [5, 5.41) is 0. The molecular weight excluding hydrogens is 324 g/mol. The first-order valence-corrected chi connectivity index (χ1v) is 9.70. The molecule has 2 aliphatic rings. The molecule has 0 N–H and O–H groups in total. The quantitative estimate of drug-likeness (QED) is 0.847. The van der Waals surface area contributed by atoms with E-state index in [0.29, 0.717) is 0 Å². The lowest BCUT2D eigenvalue weighted by atomic mass is 9.99. The predicted molar refractivity (Wildman–Crippen MR) is 106 cm³/mol. The minimum absolute atomic E-state index is 0.827. The minimum atomic E-state index is 0.827. The largest absolute Gasteiger partial charge is 0.356 e. The summed E-state index contributed by atoms with van der Waals surface area (Å²) in [6, 6.07) is 8.21. The van der Waals surface area contributed by atoms with Crippen molar-refractivity contribution in [2.45, 2.75) is 26.7 Å².